The van der Waals surface area contributed by atoms with Gasteiger partial charge in [0.1, 0.15) is 5.71 Å². The minimum atomic E-state index is -6.44. The quantitative estimate of drug-likeness (QED) is 0.483. The van der Waals surface area contributed by atoms with Crippen LogP contribution in [0.3, 0.4) is 0 Å². The molecule has 0 amide bonds. The van der Waals surface area contributed by atoms with Gasteiger partial charge >= 0.3 is 11.7 Å². The summed E-state index contributed by atoms with van der Waals surface area (Å²) in [5.74, 6) is 0. The maximum absolute atomic E-state index is 14.4. The van der Waals surface area contributed by atoms with Gasteiger partial charge in [0, 0.05) is 11.1 Å². The minimum absolute atomic E-state index is 0.233. The van der Waals surface area contributed by atoms with Crippen LogP contribution in [-0.2, 0) is 20.3 Å². The highest BCUT2D eigenvalue weighted by Crippen LogP contribution is 2.53. The lowest BCUT2D eigenvalue weighted by Gasteiger charge is -2.35. The lowest BCUT2D eigenvalue weighted by atomic mass is 9.85. The molecule has 0 radical (unpaired) electrons. The summed E-state index contributed by atoms with van der Waals surface area (Å²) in [4.78, 5) is 4.65. The predicted octanol–water partition coefficient (Wildman–Crippen LogP) is 5.34. The van der Waals surface area contributed by atoms with Crippen molar-refractivity contribution in [2.45, 2.75) is 22.5 Å². The number of rotatable bonds is 3. The van der Waals surface area contributed by atoms with Gasteiger partial charge in [0.25, 0.3) is 15.4 Å². The predicted molar refractivity (Wildman–Crippen MR) is 105 cm³/mol. The number of alkyl halides is 6. The van der Waals surface area contributed by atoms with E-state index in [2.05, 4.69) is 9.99 Å². The highest BCUT2D eigenvalue weighted by Gasteiger charge is 2.75. The molecule has 0 N–H and O–H groups in total. The summed E-state index contributed by atoms with van der Waals surface area (Å²) in [6.45, 7) is 0. The van der Waals surface area contributed by atoms with Crippen molar-refractivity contribution in [1.29, 1.82) is 0 Å². The summed E-state index contributed by atoms with van der Waals surface area (Å²) in [5.41, 5.74) is -11.9. The van der Waals surface area contributed by atoms with Gasteiger partial charge in [0.15, 0.2) is 5.25 Å². The molecule has 4 rings (SSSR count). The zero-order valence-corrected chi connectivity index (χ0v) is 16.7. The van der Waals surface area contributed by atoms with Crippen LogP contribution in [0.4, 0.5) is 26.3 Å². The Balaban J connectivity index is 2.01. The lowest BCUT2D eigenvalue weighted by molar-refractivity contribution is -0.274. The zero-order valence-electron chi connectivity index (χ0n) is 15.9. The van der Waals surface area contributed by atoms with Gasteiger partial charge in [-0.1, -0.05) is 71.9 Å². The summed E-state index contributed by atoms with van der Waals surface area (Å²) in [6.07, 6.45) is -5.56. The van der Waals surface area contributed by atoms with Crippen LogP contribution >= 0.6 is 0 Å². The van der Waals surface area contributed by atoms with Crippen molar-refractivity contribution < 1.29 is 39.6 Å². The molecule has 0 saturated carbocycles. The molecule has 168 valence electrons. The van der Waals surface area contributed by atoms with Gasteiger partial charge in [-0.2, -0.15) is 26.3 Å². The first kappa shape index (κ1) is 22.1. The second kappa shape index (κ2) is 7.22. The fourth-order valence-electron chi connectivity index (χ4n) is 3.72. The molecular weight excluding hydrogens is 460 g/mol. The van der Waals surface area contributed by atoms with E-state index in [-0.39, 0.29) is 5.56 Å². The van der Waals surface area contributed by atoms with Crippen molar-refractivity contribution in [2.24, 2.45) is 5.16 Å². The molecule has 32 heavy (non-hydrogen) atoms. The van der Waals surface area contributed by atoms with Crippen LogP contribution in [-0.4, -0.2) is 31.1 Å². The SMILES string of the molecule is O=S(=O)([C@H]1C(c2ccc3ccccc3c2)=NO[C@]1(c1ccccc1)C(F)(F)F)C(F)(F)F. The van der Waals surface area contributed by atoms with E-state index in [9.17, 15) is 34.8 Å². The van der Waals surface area contributed by atoms with Gasteiger partial charge in [0.05, 0.1) is 0 Å². The molecule has 1 heterocycles. The lowest BCUT2D eigenvalue weighted by Crippen LogP contribution is -2.58. The van der Waals surface area contributed by atoms with Crippen LogP contribution in [0.2, 0.25) is 0 Å². The number of hydrogen-bond acceptors (Lipinski definition) is 4. The van der Waals surface area contributed by atoms with Crippen LogP contribution < -0.4 is 0 Å². The molecule has 0 unspecified atom stereocenters. The first-order valence-electron chi connectivity index (χ1n) is 9.07. The highest BCUT2D eigenvalue weighted by molar-refractivity contribution is 7.93. The molecule has 0 aromatic heterocycles. The van der Waals surface area contributed by atoms with Crippen molar-refractivity contribution >= 4 is 26.3 Å². The van der Waals surface area contributed by atoms with Crippen LogP contribution in [0.1, 0.15) is 11.1 Å². The zero-order chi connectivity index (χ0) is 23.4. The number of hydrogen-bond donors (Lipinski definition) is 0. The normalized spacial score (nSPS) is 21.9. The van der Waals surface area contributed by atoms with E-state index in [1.807, 2.05) is 0 Å². The summed E-state index contributed by atoms with van der Waals surface area (Å²) in [5, 5.41) is 1.20. The maximum Gasteiger partial charge on any atom is 0.498 e. The Morgan fingerprint density at radius 1 is 0.812 bits per heavy atom. The number of sulfone groups is 1. The number of benzene rings is 3. The smallest absolute Gasteiger partial charge is 0.372 e. The third-order valence-electron chi connectivity index (χ3n) is 5.21. The van der Waals surface area contributed by atoms with Crippen molar-refractivity contribution in [3.63, 3.8) is 0 Å². The second-order valence-corrected chi connectivity index (χ2v) is 9.12. The monoisotopic (exact) mass is 473 g/mol. The van der Waals surface area contributed by atoms with Crippen molar-refractivity contribution in [3.8, 4) is 0 Å². The van der Waals surface area contributed by atoms with E-state index in [1.165, 1.54) is 24.3 Å². The van der Waals surface area contributed by atoms with E-state index in [0.717, 1.165) is 24.3 Å². The van der Waals surface area contributed by atoms with Gasteiger partial charge in [-0.15, -0.1) is 0 Å². The Bertz CT molecular complexity index is 1300. The molecular formula is C21H13F6NO3S. The molecule has 11 heteroatoms. The summed E-state index contributed by atoms with van der Waals surface area (Å²) in [7, 11) is -6.44. The Morgan fingerprint density at radius 2 is 1.41 bits per heavy atom. The molecule has 3 aromatic rings. The van der Waals surface area contributed by atoms with Gasteiger partial charge < -0.3 is 4.84 Å². The molecule has 2 atom stereocenters. The Hall–Kier alpha value is -3.08. The fraction of sp³-hybridized carbons (Fsp3) is 0.190. The fourth-order valence-corrected chi connectivity index (χ4v) is 5.21. The summed E-state index contributed by atoms with van der Waals surface area (Å²) in [6, 6.07) is 15.8. The summed E-state index contributed by atoms with van der Waals surface area (Å²) < 4.78 is 109. The minimum Gasteiger partial charge on any atom is -0.372 e. The van der Waals surface area contributed by atoms with Gasteiger partial charge in [-0.3, -0.25) is 0 Å². The Morgan fingerprint density at radius 3 is 2.00 bits per heavy atom. The first-order valence-corrected chi connectivity index (χ1v) is 10.6. The Kier molecular flexibility index (Phi) is 5.00. The number of halogens is 6. The van der Waals surface area contributed by atoms with E-state index in [0.29, 0.717) is 10.8 Å². The first-order chi connectivity index (χ1) is 14.9. The third-order valence-corrected chi connectivity index (χ3v) is 7.03. The molecule has 0 bridgehead atoms. The van der Waals surface area contributed by atoms with Crippen LogP contribution in [0.25, 0.3) is 10.8 Å². The number of nitrogens with zero attached hydrogens (tertiary/aromatic N) is 1. The van der Waals surface area contributed by atoms with E-state index < -0.39 is 43.6 Å². The van der Waals surface area contributed by atoms with Crippen LogP contribution in [0.15, 0.2) is 78.0 Å². The Labute approximate surface area is 178 Å². The van der Waals surface area contributed by atoms with E-state index in [4.69, 9.17) is 0 Å². The molecule has 1 aliphatic rings. The standard InChI is InChI=1S/C21H13F6NO3S/c22-20(23,24)19(16-8-2-1-3-9-16)18(32(29,30)21(25,26)27)17(28-31-19)15-11-10-13-6-4-5-7-14(13)12-15/h1-12,18H/t18-,19-/m0/s1. The van der Waals surface area contributed by atoms with E-state index >= 15 is 0 Å². The topological polar surface area (TPSA) is 55.7 Å². The van der Waals surface area contributed by atoms with Gasteiger partial charge in [-0.25, -0.2) is 8.42 Å². The number of fused-ring (bicyclic) bond motifs is 1. The average Bonchev–Trinajstić information content (AvgIpc) is 3.16. The molecule has 0 saturated heterocycles. The molecule has 4 nitrogen and oxygen atoms in total. The van der Waals surface area contributed by atoms with Crippen molar-refractivity contribution in [2.75, 3.05) is 0 Å². The van der Waals surface area contributed by atoms with Crippen LogP contribution in [0, 0.1) is 0 Å². The van der Waals surface area contributed by atoms with E-state index in [1.54, 1.807) is 24.3 Å². The molecule has 0 fully saturated rings. The molecule has 1 aliphatic heterocycles. The molecule has 0 spiro atoms. The molecule has 0 aliphatic carbocycles. The van der Waals surface area contributed by atoms with Crippen LogP contribution in [0.5, 0.6) is 0 Å². The highest BCUT2D eigenvalue weighted by atomic mass is 32.2. The molecule has 3 aromatic carbocycles. The number of oxime groups is 1. The largest absolute Gasteiger partial charge is 0.498 e. The third kappa shape index (κ3) is 3.22. The average molecular weight is 473 g/mol. The van der Waals surface area contributed by atoms with Crippen molar-refractivity contribution in [1.82, 2.24) is 0 Å². The maximum atomic E-state index is 14.4. The van der Waals surface area contributed by atoms with Crippen molar-refractivity contribution in [3.05, 3.63) is 83.9 Å². The van der Waals surface area contributed by atoms with Gasteiger partial charge in [-0.05, 0) is 16.8 Å². The second-order valence-electron chi connectivity index (χ2n) is 7.10. The summed E-state index contributed by atoms with van der Waals surface area (Å²) >= 11 is 0. The van der Waals surface area contributed by atoms with Gasteiger partial charge in [0.2, 0.25) is 0 Å².